The van der Waals surface area contributed by atoms with E-state index >= 15 is 0 Å². The van der Waals surface area contributed by atoms with Crippen LogP contribution >= 0.6 is 15.9 Å². The number of hydrogen-bond donors (Lipinski definition) is 1. The maximum atomic E-state index is 3.92. The quantitative estimate of drug-likeness (QED) is 0.714. The van der Waals surface area contributed by atoms with Crippen molar-refractivity contribution in [1.82, 2.24) is 30.6 Å². The van der Waals surface area contributed by atoms with Crippen LogP contribution in [0.3, 0.4) is 0 Å². The van der Waals surface area contributed by atoms with Gasteiger partial charge >= 0.3 is 0 Å². The lowest BCUT2D eigenvalue weighted by atomic mass is 10.3. The Morgan fingerprint density at radius 1 is 1.25 bits per heavy atom. The molecular weight excluding hydrogens is 224 g/mol. The van der Waals surface area contributed by atoms with Gasteiger partial charge in [-0.25, -0.2) is 9.97 Å². The lowest BCUT2D eigenvalue weighted by molar-refractivity contribution is 0.881. The lowest BCUT2D eigenvalue weighted by Crippen LogP contribution is -1.86. The minimum atomic E-state index is 0.488. The van der Waals surface area contributed by atoms with Gasteiger partial charge in [-0.3, -0.25) is 0 Å². The fourth-order valence-corrected chi connectivity index (χ4v) is 0.917. The maximum absolute atomic E-state index is 3.92. The van der Waals surface area contributed by atoms with E-state index in [4.69, 9.17) is 0 Å². The Morgan fingerprint density at radius 3 is 2.58 bits per heavy atom. The number of halogens is 1. The standard InChI is InChI=1S/C5H3BrN6/c6-5-7-1-3(2-8-5)4-9-11-12-10-4/h1-2H,(H,9,10,11,12). The van der Waals surface area contributed by atoms with Crippen molar-refractivity contribution in [3.63, 3.8) is 0 Å². The van der Waals surface area contributed by atoms with Crippen molar-refractivity contribution in [2.24, 2.45) is 0 Å². The molecule has 12 heavy (non-hydrogen) atoms. The predicted octanol–water partition coefficient (Wildman–Crippen LogP) is 0.419. The van der Waals surface area contributed by atoms with Gasteiger partial charge in [0.25, 0.3) is 0 Å². The van der Waals surface area contributed by atoms with Gasteiger partial charge in [-0.2, -0.15) is 5.21 Å². The lowest BCUT2D eigenvalue weighted by Gasteiger charge is -1.91. The van der Waals surface area contributed by atoms with Gasteiger partial charge in [0.15, 0.2) is 4.73 Å². The summed E-state index contributed by atoms with van der Waals surface area (Å²) in [5, 5.41) is 13.3. The summed E-state index contributed by atoms with van der Waals surface area (Å²) < 4.78 is 0.537. The molecule has 0 saturated carbocycles. The molecule has 2 aromatic heterocycles. The molecule has 0 unspecified atom stereocenters. The van der Waals surface area contributed by atoms with Crippen molar-refractivity contribution >= 4 is 15.9 Å². The minimum absolute atomic E-state index is 0.488. The van der Waals surface area contributed by atoms with Crippen molar-refractivity contribution in [2.75, 3.05) is 0 Å². The van der Waals surface area contributed by atoms with E-state index in [2.05, 4.69) is 46.5 Å². The van der Waals surface area contributed by atoms with E-state index in [1.54, 1.807) is 12.4 Å². The highest BCUT2D eigenvalue weighted by atomic mass is 79.9. The molecule has 60 valence electrons. The van der Waals surface area contributed by atoms with Crippen LogP contribution in [-0.4, -0.2) is 30.6 Å². The average Bonchev–Trinajstić information content (AvgIpc) is 2.58. The number of rotatable bonds is 1. The number of aromatic nitrogens is 6. The molecule has 2 heterocycles. The molecule has 1 N–H and O–H groups in total. The van der Waals surface area contributed by atoms with Gasteiger partial charge in [0.2, 0.25) is 5.82 Å². The topological polar surface area (TPSA) is 80.2 Å². The number of tetrazole rings is 1. The molecule has 0 aliphatic rings. The van der Waals surface area contributed by atoms with Gasteiger partial charge in [-0.05, 0) is 21.1 Å². The van der Waals surface area contributed by atoms with Crippen LogP contribution in [0.4, 0.5) is 0 Å². The first-order valence-corrected chi connectivity index (χ1v) is 3.87. The minimum Gasteiger partial charge on any atom is -0.230 e. The molecule has 0 spiro atoms. The molecule has 7 heteroatoms. The molecule has 6 nitrogen and oxygen atoms in total. The van der Waals surface area contributed by atoms with Crippen LogP contribution in [0.1, 0.15) is 0 Å². The fourth-order valence-electron chi connectivity index (χ4n) is 0.712. The van der Waals surface area contributed by atoms with E-state index in [1.807, 2.05) is 0 Å². The summed E-state index contributed by atoms with van der Waals surface area (Å²) in [6.45, 7) is 0. The zero-order valence-corrected chi connectivity index (χ0v) is 7.35. The van der Waals surface area contributed by atoms with Crippen LogP contribution < -0.4 is 0 Å². The number of nitrogens with zero attached hydrogens (tertiary/aromatic N) is 5. The average molecular weight is 227 g/mol. The summed E-state index contributed by atoms with van der Waals surface area (Å²) in [5.41, 5.74) is 0.729. The first kappa shape index (κ1) is 7.29. The number of nitrogens with one attached hydrogen (secondary N) is 1. The predicted molar refractivity (Wildman–Crippen MR) is 42.9 cm³/mol. The zero-order valence-electron chi connectivity index (χ0n) is 5.77. The molecule has 0 amide bonds. The maximum Gasteiger partial charge on any atom is 0.207 e. The SMILES string of the molecule is Brc1ncc(-c2nn[nH]n2)cn1. The fraction of sp³-hybridized carbons (Fsp3) is 0. The van der Waals surface area contributed by atoms with E-state index in [1.165, 1.54) is 0 Å². The summed E-state index contributed by atoms with van der Waals surface area (Å²) in [6, 6.07) is 0. The Morgan fingerprint density at radius 2 is 2.00 bits per heavy atom. The Labute approximate surface area is 75.6 Å². The summed E-state index contributed by atoms with van der Waals surface area (Å²) in [5.74, 6) is 0.488. The van der Waals surface area contributed by atoms with Crippen LogP contribution in [0, 0.1) is 0 Å². The molecular formula is C5H3BrN6. The highest BCUT2D eigenvalue weighted by Crippen LogP contribution is 2.10. The molecule has 0 bridgehead atoms. The monoisotopic (exact) mass is 226 g/mol. The highest BCUT2D eigenvalue weighted by Gasteiger charge is 2.02. The van der Waals surface area contributed by atoms with Gasteiger partial charge in [0, 0.05) is 12.4 Å². The molecule has 0 aliphatic carbocycles. The summed E-state index contributed by atoms with van der Waals surface area (Å²) >= 11 is 3.12. The van der Waals surface area contributed by atoms with Crippen LogP contribution in [0.2, 0.25) is 0 Å². The van der Waals surface area contributed by atoms with Crippen LogP contribution in [-0.2, 0) is 0 Å². The molecule has 0 fully saturated rings. The third kappa shape index (κ3) is 1.30. The van der Waals surface area contributed by atoms with Gasteiger partial charge in [0.1, 0.15) is 0 Å². The third-order valence-corrected chi connectivity index (χ3v) is 1.63. The van der Waals surface area contributed by atoms with Crippen molar-refractivity contribution in [2.45, 2.75) is 0 Å². The van der Waals surface area contributed by atoms with E-state index < -0.39 is 0 Å². The van der Waals surface area contributed by atoms with E-state index in [0.717, 1.165) is 5.56 Å². The molecule has 2 aromatic rings. The van der Waals surface area contributed by atoms with E-state index in [9.17, 15) is 0 Å². The third-order valence-electron chi connectivity index (χ3n) is 1.22. The molecule has 0 aliphatic heterocycles. The van der Waals surface area contributed by atoms with Gasteiger partial charge in [-0.1, -0.05) is 0 Å². The number of H-pyrrole nitrogens is 1. The van der Waals surface area contributed by atoms with E-state index in [0.29, 0.717) is 10.6 Å². The van der Waals surface area contributed by atoms with Crippen LogP contribution in [0.5, 0.6) is 0 Å². The number of aromatic amines is 1. The van der Waals surface area contributed by atoms with Gasteiger partial charge < -0.3 is 0 Å². The second-order valence-electron chi connectivity index (χ2n) is 1.98. The van der Waals surface area contributed by atoms with Crippen molar-refractivity contribution in [1.29, 1.82) is 0 Å². The Kier molecular flexibility index (Phi) is 1.78. The second-order valence-corrected chi connectivity index (χ2v) is 2.69. The largest absolute Gasteiger partial charge is 0.230 e. The molecule has 0 radical (unpaired) electrons. The normalized spacial score (nSPS) is 10.1. The molecule has 0 atom stereocenters. The van der Waals surface area contributed by atoms with Crippen LogP contribution in [0.25, 0.3) is 11.4 Å². The van der Waals surface area contributed by atoms with Crippen molar-refractivity contribution < 1.29 is 0 Å². The van der Waals surface area contributed by atoms with E-state index in [-0.39, 0.29) is 0 Å². The van der Waals surface area contributed by atoms with Crippen molar-refractivity contribution in [3.8, 4) is 11.4 Å². The molecule has 0 saturated heterocycles. The first-order chi connectivity index (χ1) is 5.86. The zero-order chi connectivity index (χ0) is 8.39. The summed E-state index contributed by atoms with van der Waals surface area (Å²) in [6.07, 6.45) is 3.23. The Hall–Kier alpha value is -1.37. The Bertz CT molecular complexity index is 354. The summed E-state index contributed by atoms with van der Waals surface area (Å²) in [7, 11) is 0. The number of hydrogen-bond acceptors (Lipinski definition) is 5. The molecule has 2 rings (SSSR count). The second kappa shape index (κ2) is 2.94. The van der Waals surface area contributed by atoms with Gasteiger partial charge in [0.05, 0.1) is 5.56 Å². The Balaban J connectivity index is 2.43. The highest BCUT2D eigenvalue weighted by molar-refractivity contribution is 9.10. The summed E-state index contributed by atoms with van der Waals surface area (Å²) in [4.78, 5) is 7.84. The first-order valence-electron chi connectivity index (χ1n) is 3.07. The van der Waals surface area contributed by atoms with Crippen molar-refractivity contribution in [3.05, 3.63) is 17.1 Å². The smallest absolute Gasteiger partial charge is 0.207 e. The van der Waals surface area contributed by atoms with Gasteiger partial charge in [-0.15, -0.1) is 10.2 Å². The molecule has 0 aromatic carbocycles. The van der Waals surface area contributed by atoms with Crippen LogP contribution in [0.15, 0.2) is 17.1 Å².